The van der Waals surface area contributed by atoms with Crippen LogP contribution in [-0.4, -0.2) is 10.1 Å². The van der Waals surface area contributed by atoms with Crippen LogP contribution < -0.4 is 5.73 Å². The Labute approximate surface area is 122 Å². The van der Waals surface area contributed by atoms with E-state index < -0.39 is 0 Å². The third-order valence-corrected chi connectivity index (χ3v) is 3.96. The summed E-state index contributed by atoms with van der Waals surface area (Å²) >= 11 is 0. The summed E-state index contributed by atoms with van der Waals surface area (Å²) in [5.41, 5.74) is 10.3. The molecule has 0 radical (unpaired) electrons. The number of benzene rings is 2. The first-order valence-electron chi connectivity index (χ1n) is 7.04. The van der Waals surface area contributed by atoms with Gasteiger partial charge in [0.05, 0.1) is 12.3 Å². The van der Waals surface area contributed by atoms with Crippen LogP contribution in [-0.2, 0) is 12.8 Å². The normalized spacial score (nSPS) is 16.3. The fourth-order valence-electron chi connectivity index (χ4n) is 2.85. The van der Waals surface area contributed by atoms with Crippen molar-refractivity contribution in [2.24, 2.45) is 0 Å². The molecular formula is C17H15N3O. The van der Waals surface area contributed by atoms with Gasteiger partial charge in [-0.15, -0.1) is 0 Å². The zero-order valence-corrected chi connectivity index (χ0v) is 11.5. The molecule has 3 aromatic rings. The quantitative estimate of drug-likeness (QED) is 0.747. The van der Waals surface area contributed by atoms with Gasteiger partial charge < -0.3 is 10.3 Å². The molecule has 1 aliphatic rings. The Bertz CT molecular complexity index is 794. The second kappa shape index (κ2) is 4.74. The molecule has 0 bridgehead atoms. The molecule has 0 aliphatic heterocycles. The van der Waals surface area contributed by atoms with E-state index in [1.807, 2.05) is 24.3 Å². The van der Waals surface area contributed by atoms with E-state index in [0.717, 1.165) is 23.5 Å². The Morgan fingerprint density at radius 3 is 2.90 bits per heavy atom. The molecular weight excluding hydrogens is 262 g/mol. The van der Waals surface area contributed by atoms with E-state index in [4.69, 9.17) is 10.3 Å². The van der Waals surface area contributed by atoms with Gasteiger partial charge >= 0.3 is 0 Å². The molecule has 21 heavy (non-hydrogen) atoms. The number of nitrogens with zero attached hydrogens (tertiary/aromatic N) is 2. The fourth-order valence-corrected chi connectivity index (χ4v) is 2.85. The van der Waals surface area contributed by atoms with Crippen molar-refractivity contribution in [2.45, 2.75) is 18.8 Å². The average molecular weight is 277 g/mol. The van der Waals surface area contributed by atoms with E-state index >= 15 is 0 Å². The minimum atomic E-state index is 0.277. The molecule has 0 saturated heterocycles. The van der Waals surface area contributed by atoms with Gasteiger partial charge in [0.25, 0.3) is 0 Å². The first-order valence-corrected chi connectivity index (χ1v) is 7.04. The lowest BCUT2D eigenvalue weighted by molar-refractivity contribution is 0.376. The van der Waals surface area contributed by atoms with Crippen LogP contribution in [0.3, 0.4) is 0 Å². The molecule has 0 amide bonds. The Balaban J connectivity index is 1.55. The SMILES string of the molecule is Nc1cccc(Cc2nc(C3Cc4ccccc43)no2)c1. The number of fused-ring (bicyclic) bond motifs is 1. The molecule has 1 aromatic heterocycles. The zero-order chi connectivity index (χ0) is 14.2. The summed E-state index contributed by atoms with van der Waals surface area (Å²) in [6, 6.07) is 16.2. The smallest absolute Gasteiger partial charge is 0.231 e. The van der Waals surface area contributed by atoms with E-state index in [-0.39, 0.29) is 5.92 Å². The Morgan fingerprint density at radius 1 is 1.14 bits per heavy atom. The average Bonchev–Trinajstić information content (AvgIpc) is 2.88. The van der Waals surface area contributed by atoms with Crippen molar-refractivity contribution in [3.63, 3.8) is 0 Å². The maximum atomic E-state index is 5.78. The van der Waals surface area contributed by atoms with Gasteiger partial charge in [0, 0.05) is 5.69 Å². The minimum absolute atomic E-state index is 0.277. The molecule has 104 valence electrons. The predicted octanol–water partition coefficient (Wildman–Crippen LogP) is 2.93. The van der Waals surface area contributed by atoms with Crippen LogP contribution in [0.2, 0.25) is 0 Å². The summed E-state index contributed by atoms with van der Waals surface area (Å²) in [5, 5.41) is 4.14. The van der Waals surface area contributed by atoms with E-state index in [1.54, 1.807) is 0 Å². The number of anilines is 1. The van der Waals surface area contributed by atoms with E-state index in [9.17, 15) is 0 Å². The summed E-state index contributed by atoms with van der Waals surface area (Å²) in [4.78, 5) is 4.54. The monoisotopic (exact) mass is 277 g/mol. The van der Waals surface area contributed by atoms with Gasteiger partial charge in [-0.05, 0) is 35.2 Å². The van der Waals surface area contributed by atoms with Crippen molar-refractivity contribution < 1.29 is 4.52 Å². The number of nitrogens with two attached hydrogens (primary N) is 1. The Kier molecular flexibility index (Phi) is 2.74. The van der Waals surface area contributed by atoms with Crippen molar-refractivity contribution in [1.82, 2.24) is 10.1 Å². The summed E-state index contributed by atoms with van der Waals surface area (Å²) < 4.78 is 5.38. The van der Waals surface area contributed by atoms with Crippen molar-refractivity contribution in [1.29, 1.82) is 0 Å². The van der Waals surface area contributed by atoms with E-state index in [2.05, 4.69) is 34.4 Å². The van der Waals surface area contributed by atoms with Gasteiger partial charge in [0.1, 0.15) is 0 Å². The highest BCUT2D eigenvalue weighted by atomic mass is 16.5. The van der Waals surface area contributed by atoms with Crippen molar-refractivity contribution in [2.75, 3.05) is 5.73 Å². The highest BCUT2D eigenvalue weighted by Crippen LogP contribution is 2.38. The first kappa shape index (κ1) is 12.1. The minimum Gasteiger partial charge on any atom is -0.399 e. The van der Waals surface area contributed by atoms with Gasteiger partial charge in [-0.1, -0.05) is 41.6 Å². The van der Waals surface area contributed by atoms with Gasteiger partial charge in [-0.25, -0.2) is 0 Å². The van der Waals surface area contributed by atoms with Crippen LogP contribution in [0.1, 0.15) is 34.3 Å². The molecule has 4 rings (SSSR count). The third-order valence-electron chi connectivity index (χ3n) is 3.96. The molecule has 0 fully saturated rings. The van der Waals surface area contributed by atoms with Gasteiger partial charge in [-0.2, -0.15) is 4.98 Å². The first-order chi connectivity index (χ1) is 10.3. The van der Waals surface area contributed by atoms with Gasteiger partial charge in [0.2, 0.25) is 5.89 Å². The topological polar surface area (TPSA) is 64.9 Å². The number of aromatic nitrogens is 2. The molecule has 0 saturated carbocycles. The lowest BCUT2D eigenvalue weighted by Crippen LogP contribution is -2.19. The van der Waals surface area contributed by atoms with Crippen molar-refractivity contribution in [3.05, 3.63) is 76.9 Å². The summed E-state index contributed by atoms with van der Waals surface area (Å²) in [7, 11) is 0. The molecule has 1 atom stereocenters. The molecule has 2 N–H and O–H groups in total. The molecule has 1 aliphatic carbocycles. The van der Waals surface area contributed by atoms with E-state index in [1.165, 1.54) is 11.1 Å². The van der Waals surface area contributed by atoms with Crippen LogP contribution >= 0.6 is 0 Å². The second-order valence-electron chi connectivity index (χ2n) is 5.42. The largest absolute Gasteiger partial charge is 0.399 e. The maximum Gasteiger partial charge on any atom is 0.231 e. The van der Waals surface area contributed by atoms with Crippen LogP contribution in [0.25, 0.3) is 0 Å². The van der Waals surface area contributed by atoms with Crippen LogP contribution in [0.4, 0.5) is 5.69 Å². The van der Waals surface area contributed by atoms with E-state index in [0.29, 0.717) is 12.3 Å². The molecule has 0 spiro atoms. The lowest BCUT2D eigenvalue weighted by atomic mass is 9.77. The number of nitrogen functional groups attached to an aromatic ring is 1. The highest BCUT2D eigenvalue weighted by molar-refractivity contribution is 5.44. The molecule has 4 heteroatoms. The van der Waals surface area contributed by atoms with Gasteiger partial charge in [-0.3, -0.25) is 0 Å². The Hall–Kier alpha value is -2.62. The summed E-state index contributed by atoms with van der Waals surface area (Å²) in [6.45, 7) is 0. The standard InChI is InChI=1S/C17H15N3O/c18-13-6-3-4-11(8-13)9-16-19-17(20-21-16)15-10-12-5-1-2-7-14(12)15/h1-8,15H,9-10,18H2. The number of rotatable bonds is 3. The second-order valence-corrected chi connectivity index (χ2v) is 5.42. The summed E-state index contributed by atoms with van der Waals surface area (Å²) in [5.74, 6) is 1.70. The van der Waals surface area contributed by atoms with Crippen LogP contribution in [0, 0.1) is 0 Å². The predicted molar refractivity (Wildman–Crippen MR) is 79.9 cm³/mol. The Morgan fingerprint density at radius 2 is 2.05 bits per heavy atom. The lowest BCUT2D eigenvalue weighted by Gasteiger charge is -2.27. The fraction of sp³-hybridized carbons (Fsp3) is 0.176. The summed E-state index contributed by atoms with van der Waals surface area (Å²) in [6.07, 6.45) is 1.61. The number of hydrogen-bond donors (Lipinski definition) is 1. The number of hydrogen-bond acceptors (Lipinski definition) is 4. The molecule has 4 nitrogen and oxygen atoms in total. The van der Waals surface area contributed by atoms with Gasteiger partial charge in [0.15, 0.2) is 5.82 Å². The van der Waals surface area contributed by atoms with Crippen LogP contribution in [0.5, 0.6) is 0 Å². The molecule has 1 unspecified atom stereocenters. The van der Waals surface area contributed by atoms with Crippen molar-refractivity contribution in [3.8, 4) is 0 Å². The third kappa shape index (κ3) is 2.18. The zero-order valence-electron chi connectivity index (χ0n) is 11.5. The van der Waals surface area contributed by atoms with Crippen LogP contribution in [0.15, 0.2) is 53.1 Å². The molecule has 1 heterocycles. The van der Waals surface area contributed by atoms with Crippen molar-refractivity contribution >= 4 is 5.69 Å². The molecule has 2 aromatic carbocycles. The highest BCUT2D eigenvalue weighted by Gasteiger charge is 2.30. The maximum absolute atomic E-state index is 5.78.